The van der Waals surface area contributed by atoms with Crippen LogP contribution < -0.4 is 4.72 Å². The summed E-state index contributed by atoms with van der Waals surface area (Å²) in [5, 5.41) is 0. The van der Waals surface area contributed by atoms with E-state index in [4.69, 9.17) is 0 Å². The van der Waals surface area contributed by atoms with Crippen LogP contribution >= 0.6 is 0 Å². The zero-order valence-electron chi connectivity index (χ0n) is 14.6. The minimum absolute atomic E-state index is 0.233. The van der Waals surface area contributed by atoms with Crippen LogP contribution in [0.15, 0.2) is 24.3 Å². The Kier molecular flexibility index (Phi) is 6.62. The molecule has 23 heavy (non-hydrogen) atoms. The zero-order valence-corrected chi connectivity index (χ0v) is 15.4. The molecule has 0 amide bonds. The lowest BCUT2D eigenvalue weighted by Gasteiger charge is -2.38. The fourth-order valence-corrected chi connectivity index (χ4v) is 4.44. The fourth-order valence-electron chi connectivity index (χ4n) is 3.21. The molecule has 0 saturated heterocycles. The average Bonchev–Trinajstić information content (AvgIpc) is 2.52. The van der Waals surface area contributed by atoms with Gasteiger partial charge < -0.3 is 0 Å². The Balaban J connectivity index is 2.00. The van der Waals surface area contributed by atoms with E-state index in [0.717, 1.165) is 32.4 Å². The van der Waals surface area contributed by atoms with Crippen LogP contribution in [-0.4, -0.2) is 38.2 Å². The van der Waals surface area contributed by atoms with Gasteiger partial charge in [-0.1, -0.05) is 51.5 Å². The maximum atomic E-state index is 12.1. The molecule has 1 aliphatic rings. The number of nitrogens with zero attached hydrogens (tertiary/aromatic N) is 1. The minimum atomic E-state index is -3.15. The zero-order chi connectivity index (χ0) is 16.9. The van der Waals surface area contributed by atoms with E-state index in [1.807, 2.05) is 6.92 Å². The first-order chi connectivity index (χ1) is 10.9. The van der Waals surface area contributed by atoms with Crippen molar-refractivity contribution in [1.82, 2.24) is 9.62 Å². The summed E-state index contributed by atoms with van der Waals surface area (Å²) in [6.07, 6.45) is 2.66. The highest BCUT2D eigenvalue weighted by atomic mass is 32.2. The molecule has 1 aromatic carbocycles. The second-order valence-electron chi connectivity index (χ2n) is 6.82. The second kappa shape index (κ2) is 8.27. The van der Waals surface area contributed by atoms with Crippen molar-refractivity contribution in [2.75, 3.05) is 18.8 Å². The van der Waals surface area contributed by atoms with Crippen LogP contribution in [0.4, 0.5) is 0 Å². The normalized spacial score (nSPS) is 17.2. The third-order valence-corrected chi connectivity index (χ3v) is 6.11. The molecule has 1 unspecified atom stereocenters. The highest BCUT2D eigenvalue weighted by Gasteiger charge is 2.26. The molecule has 0 saturated carbocycles. The maximum absolute atomic E-state index is 12.1. The van der Waals surface area contributed by atoms with Gasteiger partial charge in [0.05, 0.1) is 5.75 Å². The summed E-state index contributed by atoms with van der Waals surface area (Å²) in [6.45, 7) is 8.77. The quantitative estimate of drug-likeness (QED) is 0.793. The van der Waals surface area contributed by atoms with E-state index in [0.29, 0.717) is 12.5 Å². The number of hydrogen-bond donors (Lipinski definition) is 1. The third-order valence-electron chi connectivity index (χ3n) is 4.68. The maximum Gasteiger partial charge on any atom is 0.211 e. The van der Waals surface area contributed by atoms with E-state index in [2.05, 4.69) is 47.7 Å². The summed E-state index contributed by atoms with van der Waals surface area (Å²) in [4.78, 5) is 2.43. The van der Waals surface area contributed by atoms with Crippen LogP contribution in [0.25, 0.3) is 0 Å². The first-order valence-electron chi connectivity index (χ1n) is 8.71. The van der Waals surface area contributed by atoms with Crippen LogP contribution in [-0.2, 0) is 23.0 Å². The lowest BCUT2D eigenvalue weighted by molar-refractivity contribution is 0.141. The molecule has 0 bridgehead atoms. The van der Waals surface area contributed by atoms with Crippen molar-refractivity contribution in [3.63, 3.8) is 0 Å². The summed E-state index contributed by atoms with van der Waals surface area (Å²) in [5.74, 6) is 0.645. The molecule has 1 N–H and O–H groups in total. The van der Waals surface area contributed by atoms with Crippen LogP contribution in [0.3, 0.4) is 0 Å². The summed E-state index contributed by atoms with van der Waals surface area (Å²) in [7, 11) is -3.15. The molecule has 1 aromatic rings. The van der Waals surface area contributed by atoms with Gasteiger partial charge in [-0.15, -0.1) is 0 Å². The van der Waals surface area contributed by atoms with Crippen LogP contribution in [0, 0.1) is 5.92 Å². The molecule has 0 spiro atoms. The van der Waals surface area contributed by atoms with Gasteiger partial charge in [0, 0.05) is 25.7 Å². The van der Waals surface area contributed by atoms with Crippen molar-refractivity contribution in [2.24, 2.45) is 5.92 Å². The molecule has 0 aliphatic carbocycles. The topological polar surface area (TPSA) is 49.4 Å². The predicted molar refractivity (Wildman–Crippen MR) is 95.9 cm³/mol. The number of unbranched alkanes of at least 4 members (excludes halogenated alkanes) is 1. The molecule has 0 radical (unpaired) electrons. The Hall–Kier alpha value is -0.910. The summed E-state index contributed by atoms with van der Waals surface area (Å²) < 4.78 is 27.0. The second-order valence-corrected chi connectivity index (χ2v) is 8.75. The van der Waals surface area contributed by atoms with Gasteiger partial charge in [0.2, 0.25) is 10.0 Å². The van der Waals surface area contributed by atoms with Gasteiger partial charge in [0.15, 0.2) is 0 Å². The summed E-state index contributed by atoms with van der Waals surface area (Å²) >= 11 is 0. The van der Waals surface area contributed by atoms with Gasteiger partial charge in [-0.25, -0.2) is 13.1 Å². The Bertz CT molecular complexity index is 599. The number of nitrogens with one attached hydrogen (secondary N) is 1. The van der Waals surface area contributed by atoms with E-state index in [1.165, 1.54) is 11.1 Å². The van der Waals surface area contributed by atoms with Crippen molar-refractivity contribution < 1.29 is 8.42 Å². The molecule has 1 heterocycles. The molecule has 1 atom stereocenters. The smallest absolute Gasteiger partial charge is 0.211 e. The molecule has 5 heteroatoms. The number of sulfonamides is 1. The first-order valence-corrected chi connectivity index (χ1v) is 10.4. The van der Waals surface area contributed by atoms with Crippen LogP contribution in [0.2, 0.25) is 0 Å². The third kappa shape index (κ3) is 5.30. The Morgan fingerprint density at radius 1 is 1.22 bits per heavy atom. The van der Waals surface area contributed by atoms with Gasteiger partial charge >= 0.3 is 0 Å². The molecule has 0 fully saturated rings. The standard InChI is InChI=1S/C18H30N2O2S/c1-4-5-12-23(21,22)19-13-18(15(2)3)20-11-10-16-8-6-7-9-17(16)14-20/h6-9,15,18-19H,4-5,10-14H2,1-3H3. The Morgan fingerprint density at radius 2 is 1.91 bits per heavy atom. The van der Waals surface area contributed by atoms with Crippen molar-refractivity contribution in [3.8, 4) is 0 Å². The van der Waals surface area contributed by atoms with Crippen molar-refractivity contribution in [1.29, 1.82) is 0 Å². The van der Waals surface area contributed by atoms with Crippen LogP contribution in [0.5, 0.6) is 0 Å². The van der Waals surface area contributed by atoms with E-state index in [1.54, 1.807) is 0 Å². The molecule has 0 aromatic heterocycles. The van der Waals surface area contributed by atoms with Gasteiger partial charge in [0.1, 0.15) is 0 Å². The van der Waals surface area contributed by atoms with Crippen molar-refractivity contribution in [3.05, 3.63) is 35.4 Å². The van der Waals surface area contributed by atoms with Gasteiger partial charge in [-0.3, -0.25) is 4.90 Å². The molecular formula is C18H30N2O2S. The monoisotopic (exact) mass is 338 g/mol. The number of fused-ring (bicyclic) bond motifs is 1. The SMILES string of the molecule is CCCCS(=O)(=O)NCC(C(C)C)N1CCc2ccccc2C1. The summed E-state index contributed by atoms with van der Waals surface area (Å²) in [6, 6.07) is 8.80. The predicted octanol–water partition coefficient (Wildman–Crippen LogP) is 2.79. The van der Waals surface area contributed by atoms with E-state index in [9.17, 15) is 8.42 Å². The molecule has 2 rings (SSSR count). The summed E-state index contributed by atoms with van der Waals surface area (Å²) in [5.41, 5.74) is 2.80. The highest BCUT2D eigenvalue weighted by Crippen LogP contribution is 2.22. The van der Waals surface area contributed by atoms with Gasteiger partial charge in [0.25, 0.3) is 0 Å². The van der Waals surface area contributed by atoms with Crippen molar-refractivity contribution >= 4 is 10.0 Å². The lowest BCUT2D eigenvalue weighted by atomic mass is 9.95. The first kappa shape index (κ1) is 18.4. The van der Waals surface area contributed by atoms with E-state index < -0.39 is 10.0 Å². The Morgan fingerprint density at radius 3 is 2.57 bits per heavy atom. The number of rotatable bonds is 8. The fraction of sp³-hybridized carbons (Fsp3) is 0.667. The van der Waals surface area contributed by atoms with Gasteiger partial charge in [-0.2, -0.15) is 0 Å². The largest absolute Gasteiger partial charge is 0.294 e. The van der Waals surface area contributed by atoms with Crippen LogP contribution in [0.1, 0.15) is 44.7 Å². The number of hydrogen-bond acceptors (Lipinski definition) is 3. The minimum Gasteiger partial charge on any atom is -0.294 e. The van der Waals surface area contributed by atoms with E-state index in [-0.39, 0.29) is 11.8 Å². The van der Waals surface area contributed by atoms with Crippen molar-refractivity contribution in [2.45, 2.75) is 52.6 Å². The Labute approximate surface area is 141 Å². The highest BCUT2D eigenvalue weighted by molar-refractivity contribution is 7.89. The molecular weight excluding hydrogens is 308 g/mol. The van der Waals surface area contributed by atoms with Gasteiger partial charge in [-0.05, 0) is 29.9 Å². The lowest BCUT2D eigenvalue weighted by Crippen LogP contribution is -2.48. The van der Waals surface area contributed by atoms with E-state index >= 15 is 0 Å². The molecule has 130 valence electrons. The average molecular weight is 339 g/mol. The molecule has 1 aliphatic heterocycles. The number of benzene rings is 1. The molecule has 4 nitrogen and oxygen atoms in total.